The highest BCUT2D eigenvalue weighted by Crippen LogP contribution is 2.26. The van der Waals surface area contributed by atoms with Gasteiger partial charge in [-0.2, -0.15) is 0 Å². The average Bonchev–Trinajstić information content (AvgIpc) is 2.69. The number of nitrogens with zero attached hydrogens (tertiary/aromatic N) is 1. The third-order valence-electron chi connectivity index (χ3n) is 5.14. The van der Waals surface area contributed by atoms with Crippen LogP contribution in [0.2, 0.25) is 0 Å². The third kappa shape index (κ3) is 4.65. The number of sulfone groups is 1. The van der Waals surface area contributed by atoms with Gasteiger partial charge in [-0.3, -0.25) is 0 Å². The van der Waals surface area contributed by atoms with Crippen LogP contribution >= 0.6 is 0 Å². The SMILES string of the molecule is COc1ccc(S(=O)(=O)C2CCN(CCCc3ccccc3)CC2)cc1. The maximum atomic E-state index is 12.8. The fraction of sp³-hybridized carbons (Fsp3) is 0.429. The molecule has 0 amide bonds. The third-order valence-corrected chi connectivity index (χ3v) is 7.42. The normalized spacial score (nSPS) is 16.5. The van der Waals surface area contributed by atoms with Crippen molar-refractivity contribution in [1.82, 2.24) is 4.90 Å². The van der Waals surface area contributed by atoms with Crippen LogP contribution in [0.1, 0.15) is 24.8 Å². The molecular formula is C21H27NO3S. The van der Waals surface area contributed by atoms with E-state index in [2.05, 4.69) is 29.2 Å². The van der Waals surface area contributed by atoms with Gasteiger partial charge in [0.05, 0.1) is 17.3 Å². The van der Waals surface area contributed by atoms with E-state index in [1.807, 2.05) is 6.07 Å². The number of rotatable bonds is 7. The Balaban J connectivity index is 1.49. The van der Waals surface area contributed by atoms with Crippen LogP contribution in [-0.2, 0) is 16.3 Å². The van der Waals surface area contributed by atoms with Crippen molar-refractivity contribution in [2.45, 2.75) is 35.8 Å². The van der Waals surface area contributed by atoms with Crippen LogP contribution in [0.25, 0.3) is 0 Å². The maximum absolute atomic E-state index is 12.8. The zero-order valence-electron chi connectivity index (χ0n) is 15.3. The Morgan fingerprint density at radius 3 is 2.27 bits per heavy atom. The van der Waals surface area contributed by atoms with Crippen molar-refractivity contribution in [2.75, 3.05) is 26.7 Å². The van der Waals surface area contributed by atoms with E-state index in [0.29, 0.717) is 23.5 Å². The van der Waals surface area contributed by atoms with Crippen LogP contribution in [0.15, 0.2) is 59.5 Å². The first-order valence-electron chi connectivity index (χ1n) is 9.24. The van der Waals surface area contributed by atoms with Crippen LogP contribution in [0.5, 0.6) is 5.75 Å². The number of piperidine rings is 1. The van der Waals surface area contributed by atoms with Gasteiger partial charge >= 0.3 is 0 Å². The molecule has 2 aromatic rings. The molecular weight excluding hydrogens is 346 g/mol. The lowest BCUT2D eigenvalue weighted by molar-refractivity contribution is 0.227. The number of aryl methyl sites for hydroxylation is 1. The molecule has 26 heavy (non-hydrogen) atoms. The van der Waals surface area contributed by atoms with E-state index in [4.69, 9.17) is 4.74 Å². The monoisotopic (exact) mass is 373 g/mol. The molecule has 1 aliphatic rings. The number of likely N-dealkylation sites (tertiary alicyclic amines) is 1. The van der Waals surface area contributed by atoms with Gasteiger partial charge in [0, 0.05) is 0 Å². The highest BCUT2D eigenvalue weighted by atomic mass is 32.2. The number of benzene rings is 2. The molecule has 3 rings (SSSR count). The van der Waals surface area contributed by atoms with Crippen LogP contribution in [0.3, 0.4) is 0 Å². The van der Waals surface area contributed by atoms with E-state index in [1.54, 1.807) is 31.4 Å². The van der Waals surface area contributed by atoms with Gasteiger partial charge in [0.15, 0.2) is 9.84 Å². The molecule has 5 heteroatoms. The Kier molecular flexibility index (Phi) is 6.33. The molecule has 4 nitrogen and oxygen atoms in total. The Labute approximate surface area is 156 Å². The Hall–Kier alpha value is -1.85. The zero-order valence-corrected chi connectivity index (χ0v) is 16.1. The van der Waals surface area contributed by atoms with Gasteiger partial charge < -0.3 is 9.64 Å². The maximum Gasteiger partial charge on any atom is 0.181 e. The zero-order chi connectivity index (χ0) is 18.4. The minimum Gasteiger partial charge on any atom is -0.497 e. The lowest BCUT2D eigenvalue weighted by Crippen LogP contribution is -2.39. The number of hydrogen-bond donors (Lipinski definition) is 0. The fourth-order valence-electron chi connectivity index (χ4n) is 3.55. The summed E-state index contributed by atoms with van der Waals surface area (Å²) in [5, 5.41) is -0.277. The molecule has 1 fully saturated rings. The summed E-state index contributed by atoms with van der Waals surface area (Å²) >= 11 is 0. The lowest BCUT2D eigenvalue weighted by atomic mass is 10.1. The molecule has 0 radical (unpaired) electrons. The van der Waals surface area contributed by atoms with Crippen molar-refractivity contribution in [3.63, 3.8) is 0 Å². The molecule has 2 aromatic carbocycles. The first-order chi connectivity index (χ1) is 12.6. The van der Waals surface area contributed by atoms with E-state index in [-0.39, 0.29) is 5.25 Å². The van der Waals surface area contributed by atoms with Crippen LogP contribution in [0, 0.1) is 0 Å². The summed E-state index contributed by atoms with van der Waals surface area (Å²) in [5.74, 6) is 0.678. The molecule has 0 saturated carbocycles. The molecule has 0 aromatic heterocycles. The van der Waals surface area contributed by atoms with Crippen LogP contribution < -0.4 is 4.74 Å². The van der Waals surface area contributed by atoms with Crippen molar-refractivity contribution >= 4 is 9.84 Å². The Bertz CT molecular complexity index is 780. The van der Waals surface area contributed by atoms with Gasteiger partial charge in [0.2, 0.25) is 0 Å². The smallest absolute Gasteiger partial charge is 0.181 e. The molecule has 0 bridgehead atoms. The van der Waals surface area contributed by atoms with Gasteiger partial charge in [-0.05, 0) is 75.1 Å². The minimum absolute atomic E-state index is 0.277. The van der Waals surface area contributed by atoms with Gasteiger partial charge in [-0.25, -0.2) is 8.42 Å². The molecule has 0 atom stereocenters. The Morgan fingerprint density at radius 2 is 1.65 bits per heavy atom. The van der Waals surface area contributed by atoms with Crippen LogP contribution in [0.4, 0.5) is 0 Å². The van der Waals surface area contributed by atoms with Crippen molar-refractivity contribution < 1.29 is 13.2 Å². The lowest BCUT2D eigenvalue weighted by Gasteiger charge is -2.31. The molecule has 1 aliphatic heterocycles. The standard InChI is InChI=1S/C21H27NO3S/c1-25-19-9-11-20(12-10-19)26(23,24)21-13-16-22(17-14-21)15-5-8-18-6-3-2-4-7-18/h2-4,6-7,9-12,21H,5,8,13-17H2,1H3. The van der Waals surface area contributed by atoms with Gasteiger partial charge in [-0.1, -0.05) is 30.3 Å². The molecule has 0 unspecified atom stereocenters. The summed E-state index contributed by atoms with van der Waals surface area (Å²) in [7, 11) is -1.68. The highest BCUT2D eigenvalue weighted by Gasteiger charge is 2.31. The quantitative estimate of drug-likeness (QED) is 0.744. The predicted molar refractivity (Wildman–Crippen MR) is 104 cm³/mol. The molecule has 1 heterocycles. The molecule has 0 spiro atoms. The summed E-state index contributed by atoms with van der Waals surface area (Å²) < 4.78 is 30.8. The second-order valence-corrected chi connectivity index (χ2v) is 9.08. The number of ether oxygens (including phenoxy) is 1. The first-order valence-corrected chi connectivity index (χ1v) is 10.8. The van der Waals surface area contributed by atoms with E-state index < -0.39 is 9.84 Å². The fourth-order valence-corrected chi connectivity index (χ4v) is 5.28. The van der Waals surface area contributed by atoms with E-state index in [1.165, 1.54) is 5.56 Å². The van der Waals surface area contributed by atoms with Gasteiger partial charge in [0.1, 0.15) is 5.75 Å². The molecule has 0 aliphatic carbocycles. The Morgan fingerprint density at radius 1 is 1.00 bits per heavy atom. The topological polar surface area (TPSA) is 46.6 Å². The van der Waals surface area contributed by atoms with E-state index in [0.717, 1.165) is 32.5 Å². The molecule has 0 N–H and O–H groups in total. The van der Waals surface area contributed by atoms with Crippen LogP contribution in [-0.4, -0.2) is 45.3 Å². The second-order valence-electron chi connectivity index (χ2n) is 6.85. The summed E-state index contributed by atoms with van der Waals surface area (Å²) in [5.41, 5.74) is 1.37. The highest BCUT2D eigenvalue weighted by molar-refractivity contribution is 7.92. The molecule has 1 saturated heterocycles. The van der Waals surface area contributed by atoms with Gasteiger partial charge in [0.25, 0.3) is 0 Å². The summed E-state index contributed by atoms with van der Waals surface area (Å²) in [6, 6.07) is 17.2. The van der Waals surface area contributed by atoms with Crippen molar-refractivity contribution in [3.05, 3.63) is 60.2 Å². The largest absolute Gasteiger partial charge is 0.497 e. The second kappa shape index (κ2) is 8.69. The van der Waals surface area contributed by atoms with E-state index >= 15 is 0 Å². The van der Waals surface area contributed by atoms with Crippen molar-refractivity contribution in [1.29, 1.82) is 0 Å². The average molecular weight is 374 g/mol. The first kappa shape index (κ1) is 18.9. The summed E-state index contributed by atoms with van der Waals surface area (Å²) in [4.78, 5) is 2.80. The predicted octanol–water partition coefficient (Wildman–Crippen LogP) is 3.57. The van der Waals surface area contributed by atoms with E-state index in [9.17, 15) is 8.42 Å². The summed E-state index contributed by atoms with van der Waals surface area (Å²) in [6.45, 7) is 2.74. The minimum atomic E-state index is -3.26. The van der Waals surface area contributed by atoms with Crippen molar-refractivity contribution in [2.24, 2.45) is 0 Å². The number of methoxy groups -OCH3 is 1. The van der Waals surface area contributed by atoms with Crippen molar-refractivity contribution in [3.8, 4) is 5.75 Å². The number of hydrogen-bond acceptors (Lipinski definition) is 4. The molecule has 140 valence electrons. The summed E-state index contributed by atoms with van der Waals surface area (Å²) in [6.07, 6.45) is 3.60. The van der Waals surface area contributed by atoms with Gasteiger partial charge in [-0.15, -0.1) is 0 Å².